The predicted molar refractivity (Wildman–Crippen MR) is 84.7 cm³/mol. The summed E-state index contributed by atoms with van der Waals surface area (Å²) in [6, 6.07) is 0. The van der Waals surface area contributed by atoms with E-state index in [1.54, 1.807) is 0 Å². The first kappa shape index (κ1) is 18.3. The van der Waals surface area contributed by atoms with E-state index < -0.39 is 11.7 Å². The Balaban J connectivity index is 1.58. The number of hydrogen-bond donors (Lipinski definition) is 0. The van der Waals surface area contributed by atoms with Crippen molar-refractivity contribution in [2.75, 3.05) is 26.4 Å². The average Bonchev–Trinajstić information content (AvgIpc) is 2.51. The molecule has 4 atom stereocenters. The lowest BCUT2D eigenvalue weighted by Gasteiger charge is -2.27. The minimum absolute atomic E-state index is 0.197. The third-order valence-electron chi connectivity index (χ3n) is 4.35. The Bertz CT molecular complexity index is 366. The van der Waals surface area contributed by atoms with Crippen molar-refractivity contribution in [3.63, 3.8) is 0 Å². The highest BCUT2D eigenvalue weighted by atomic mass is 16.5. The van der Waals surface area contributed by atoms with E-state index in [2.05, 4.69) is 0 Å². The topological polar surface area (TPSA) is 71.1 Å². The molecule has 0 amide bonds. The number of rotatable bonds is 6. The van der Waals surface area contributed by atoms with Crippen molar-refractivity contribution >= 4 is 19.0 Å². The lowest BCUT2D eigenvalue weighted by atomic mass is 9.79. The first-order chi connectivity index (χ1) is 11.0. The number of carbonyl (C=O) groups is 2. The molecule has 0 N–H and O–H groups in total. The van der Waals surface area contributed by atoms with E-state index in [4.69, 9.17) is 18.9 Å². The normalized spacial score (nSPS) is 31.2. The van der Waals surface area contributed by atoms with E-state index in [0.29, 0.717) is 38.3 Å². The highest BCUT2D eigenvalue weighted by Crippen LogP contribution is 2.21. The maximum Gasteiger partial charge on any atom is 0.405 e. The summed E-state index contributed by atoms with van der Waals surface area (Å²) in [4.78, 5) is 23.3. The Labute approximate surface area is 138 Å². The molecular weight excluding hydrogens is 299 g/mol. The van der Waals surface area contributed by atoms with Crippen LogP contribution < -0.4 is 0 Å². The molecule has 2 saturated heterocycles. The second-order valence-corrected chi connectivity index (χ2v) is 6.55. The summed E-state index contributed by atoms with van der Waals surface area (Å²) in [5, 5.41) is 0. The fourth-order valence-electron chi connectivity index (χ4n) is 3.06. The molecule has 0 aromatic carbocycles. The molecule has 0 aromatic heterocycles. The Kier molecular flexibility index (Phi) is 7.37. The van der Waals surface area contributed by atoms with Gasteiger partial charge >= 0.3 is 7.28 Å². The molecule has 1 radical (unpaired) electrons. The maximum atomic E-state index is 11.7. The summed E-state index contributed by atoms with van der Waals surface area (Å²) in [6.07, 6.45) is 3.90. The smallest absolute Gasteiger partial charge is 0.405 e. The molecule has 0 saturated carbocycles. The van der Waals surface area contributed by atoms with E-state index in [9.17, 15) is 9.59 Å². The largest absolute Gasteiger partial charge is 0.473 e. The molecule has 129 valence electrons. The van der Waals surface area contributed by atoms with Crippen LogP contribution in [0.1, 0.15) is 39.5 Å². The van der Waals surface area contributed by atoms with Crippen molar-refractivity contribution in [3.8, 4) is 0 Å². The van der Waals surface area contributed by atoms with Gasteiger partial charge in [-0.3, -0.25) is 9.59 Å². The van der Waals surface area contributed by atoms with Crippen LogP contribution in [0.4, 0.5) is 9.59 Å². The second kappa shape index (κ2) is 9.28. The van der Waals surface area contributed by atoms with Gasteiger partial charge in [0.15, 0.2) is 0 Å². The Morgan fingerprint density at radius 2 is 1.35 bits per heavy atom. The number of ether oxygens (including phenoxy) is 4. The molecule has 2 aliphatic heterocycles. The number of hydrogen-bond acceptors (Lipinski definition) is 6. The summed E-state index contributed by atoms with van der Waals surface area (Å²) in [6.45, 7) is 6.06. The molecule has 2 heterocycles. The minimum atomic E-state index is -0.630. The maximum absolute atomic E-state index is 11.7. The van der Waals surface area contributed by atoms with E-state index in [0.717, 1.165) is 33.0 Å². The first-order valence-corrected chi connectivity index (χ1v) is 8.44. The first-order valence-electron chi connectivity index (χ1n) is 8.44. The summed E-state index contributed by atoms with van der Waals surface area (Å²) < 4.78 is 21.2. The quantitative estimate of drug-likeness (QED) is 0.699. The third-order valence-corrected chi connectivity index (χ3v) is 4.35. The molecule has 6 nitrogen and oxygen atoms in total. The van der Waals surface area contributed by atoms with Crippen LogP contribution in [0.5, 0.6) is 0 Å². The molecule has 2 fully saturated rings. The van der Waals surface area contributed by atoms with Crippen LogP contribution in [0.25, 0.3) is 0 Å². The van der Waals surface area contributed by atoms with Crippen molar-refractivity contribution in [3.05, 3.63) is 0 Å². The third kappa shape index (κ3) is 6.91. The van der Waals surface area contributed by atoms with E-state index >= 15 is 0 Å². The molecule has 2 rings (SSSR count). The standard InChI is InChI=1S/C16H26BO6/c1-11-7-13(3-5-20-11)9-22-15(18)17-16(19)23-10-14-4-6-21-12(2)8-14/h11-14H,3-10H2,1-2H3. The molecule has 2 aliphatic rings. The number of carbonyl (C=O) groups excluding carboxylic acids is 2. The Morgan fingerprint density at radius 1 is 0.913 bits per heavy atom. The molecule has 0 aromatic rings. The fraction of sp³-hybridized carbons (Fsp3) is 0.875. The fourth-order valence-corrected chi connectivity index (χ4v) is 3.06. The van der Waals surface area contributed by atoms with Gasteiger partial charge in [0.25, 0.3) is 11.7 Å². The molecular formula is C16H26BO6. The Hall–Kier alpha value is -1.08. The van der Waals surface area contributed by atoms with Crippen molar-refractivity contribution < 1.29 is 28.5 Å². The molecule has 7 heteroatoms. The van der Waals surface area contributed by atoms with Gasteiger partial charge in [0, 0.05) is 13.2 Å². The summed E-state index contributed by atoms with van der Waals surface area (Å²) in [5.74, 6) is -0.657. The SMILES string of the molecule is CC1CC(COC(=O)[B]C(=O)OCC2CCOC(C)C2)CCO1. The Morgan fingerprint density at radius 3 is 1.74 bits per heavy atom. The summed E-state index contributed by atoms with van der Waals surface area (Å²) in [7, 11) is 0.894. The van der Waals surface area contributed by atoms with Crippen molar-refractivity contribution in [1.29, 1.82) is 0 Å². The van der Waals surface area contributed by atoms with E-state index in [-0.39, 0.29) is 12.2 Å². The van der Waals surface area contributed by atoms with Crippen LogP contribution in [0.2, 0.25) is 0 Å². The van der Waals surface area contributed by atoms with Crippen LogP contribution >= 0.6 is 0 Å². The van der Waals surface area contributed by atoms with Crippen molar-refractivity contribution in [2.24, 2.45) is 11.8 Å². The zero-order valence-corrected chi connectivity index (χ0v) is 14.0. The average molecular weight is 325 g/mol. The van der Waals surface area contributed by atoms with Crippen LogP contribution in [0.3, 0.4) is 0 Å². The molecule has 4 unspecified atom stereocenters. The lowest BCUT2D eigenvalue weighted by Crippen LogP contribution is -2.31. The van der Waals surface area contributed by atoms with Gasteiger partial charge in [-0.1, -0.05) is 0 Å². The van der Waals surface area contributed by atoms with Gasteiger partial charge in [-0.25, -0.2) is 0 Å². The van der Waals surface area contributed by atoms with Gasteiger partial charge in [-0.15, -0.1) is 0 Å². The minimum Gasteiger partial charge on any atom is -0.473 e. The molecule has 0 spiro atoms. The molecule has 0 aliphatic carbocycles. The van der Waals surface area contributed by atoms with Crippen LogP contribution in [-0.2, 0) is 18.9 Å². The zero-order valence-electron chi connectivity index (χ0n) is 14.0. The van der Waals surface area contributed by atoms with Crippen LogP contribution in [-0.4, -0.2) is 57.7 Å². The van der Waals surface area contributed by atoms with Gasteiger partial charge < -0.3 is 18.9 Å². The van der Waals surface area contributed by atoms with Gasteiger partial charge in [0.1, 0.15) is 0 Å². The lowest BCUT2D eigenvalue weighted by molar-refractivity contribution is -0.0121. The monoisotopic (exact) mass is 325 g/mol. The highest BCUT2D eigenvalue weighted by Gasteiger charge is 2.24. The van der Waals surface area contributed by atoms with Gasteiger partial charge in [-0.2, -0.15) is 0 Å². The summed E-state index contributed by atoms with van der Waals surface area (Å²) in [5.41, 5.74) is 0. The van der Waals surface area contributed by atoms with Gasteiger partial charge in [0.2, 0.25) is 0 Å². The molecule has 23 heavy (non-hydrogen) atoms. The van der Waals surface area contributed by atoms with Crippen molar-refractivity contribution in [1.82, 2.24) is 0 Å². The van der Waals surface area contributed by atoms with Crippen LogP contribution in [0, 0.1) is 11.8 Å². The zero-order chi connectivity index (χ0) is 16.7. The second-order valence-electron chi connectivity index (χ2n) is 6.55. The predicted octanol–water partition coefficient (Wildman–Crippen LogP) is 2.59. The molecule has 0 bridgehead atoms. The van der Waals surface area contributed by atoms with Crippen LogP contribution in [0.15, 0.2) is 0 Å². The van der Waals surface area contributed by atoms with Gasteiger partial charge in [0.05, 0.1) is 25.4 Å². The van der Waals surface area contributed by atoms with E-state index in [1.165, 1.54) is 0 Å². The highest BCUT2D eigenvalue weighted by molar-refractivity contribution is 6.94. The van der Waals surface area contributed by atoms with Crippen molar-refractivity contribution in [2.45, 2.75) is 51.7 Å². The summed E-state index contributed by atoms with van der Waals surface area (Å²) >= 11 is 0. The van der Waals surface area contributed by atoms with Gasteiger partial charge in [-0.05, 0) is 51.4 Å². The van der Waals surface area contributed by atoms with E-state index in [1.807, 2.05) is 13.8 Å².